The van der Waals surface area contributed by atoms with Gasteiger partial charge < -0.3 is 16.6 Å². The number of hydrogen-bond acceptors (Lipinski definition) is 4. The summed E-state index contributed by atoms with van der Waals surface area (Å²) in [5.74, 6) is -0.520. The van der Waals surface area contributed by atoms with Crippen molar-refractivity contribution in [2.24, 2.45) is 5.73 Å². The van der Waals surface area contributed by atoms with Crippen molar-refractivity contribution < 1.29 is 14.7 Å². The summed E-state index contributed by atoms with van der Waals surface area (Å²) in [5, 5.41) is 9.65. The molecule has 2 aliphatic heterocycles. The molecule has 1 saturated heterocycles. The number of carbonyl (C=O) groups is 2. The third-order valence-corrected chi connectivity index (χ3v) is 4.94. The molecule has 0 aromatic carbocycles. The lowest BCUT2D eigenvalue weighted by Gasteiger charge is -2.32. The number of thiophene rings is 1. The van der Waals surface area contributed by atoms with E-state index in [9.17, 15) is 14.7 Å². The molecule has 0 aliphatic carbocycles. The summed E-state index contributed by atoms with van der Waals surface area (Å²) in [6.45, 7) is 0. The van der Waals surface area contributed by atoms with E-state index >= 15 is 0 Å². The maximum atomic E-state index is 11.4. The second kappa shape index (κ2) is 3.61. The van der Waals surface area contributed by atoms with Crippen LogP contribution in [0.4, 0.5) is 9.80 Å². The number of amides is 2. The second-order valence-corrected chi connectivity index (χ2v) is 5.77. The van der Waals surface area contributed by atoms with E-state index < -0.39 is 12.0 Å². The normalized spacial score (nSPS) is 25.0. The fraction of sp³-hybridized carbons (Fsp3) is 0.455. The summed E-state index contributed by atoms with van der Waals surface area (Å²) in [7, 11) is 0. The molecule has 0 spiro atoms. The molecule has 2 aliphatic rings. The summed E-state index contributed by atoms with van der Waals surface area (Å²) in [6.07, 6.45) is 1.27. The van der Waals surface area contributed by atoms with Crippen LogP contribution < -0.4 is 11.5 Å². The van der Waals surface area contributed by atoms with E-state index in [2.05, 4.69) is 0 Å². The van der Waals surface area contributed by atoms with E-state index in [1.54, 1.807) is 0 Å². The number of rotatable bonds is 1. The highest BCUT2D eigenvalue weighted by atomic mass is 32.1. The van der Waals surface area contributed by atoms with Crippen LogP contribution >= 0.6 is 11.3 Å². The summed E-state index contributed by atoms with van der Waals surface area (Å²) in [5.41, 5.74) is 12.4. The van der Waals surface area contributed by atoms with Crippen molar-refractivity contribution in [3.8, 4) is 0 Å². The van der Waals surface area contributed by atoms with Gasteiger partial charge in [-0.3, -0.25) is 9.69 Å². The minimum absolute atomic E-state index is 0.0490. The van der Waals surface area contributed by atoms with Gasteiger partial charge in [0, 0.05) is 10.9 Å². The third kappa shape index (κ3) is 1.34. The Morgan fingerprint density at radius 3 is 2.72 bits per heavy atom. The van der Waals surface area contributed by atoms with E-state index in [0.29, 0.717) is 17.0 Å². The minimum atomic E-state index is -0.902. The predicted molar refractivity (Wildman–Crippen MR) is 66.6 cm³/mol. The average molecular weight is 267 g/mol. The molecule has 3 rings (SSSR count). The molecular formula is C11H13N3O3S. The van der Waals surface area contributed by atoms with Gasteiger partial charge in [-0.15, -0.1) is 11.3 Å². The van der Waals surface area contributed by atoms with E-state index in [0.717, 1.165) is 23.3 Å². The number of carbonyl (C=O) groups excluding carboxylic acids is 1. The highest BCUT2D eigenvalue weighted by Crippen LogP contribution is 2.49. The van der Waals surface area contributed by atoms with E-state index in [1.165, 1.54) is 16.2 Å². The molecule has 0 saturated carbocycles. The molecule has 2 bridgehead atoms. The van der Waals surface area contributed by atoms with Crippen molar-refractivity contribution in [2.75, 3.05) is 5.73 Å². The molecule has 0 radical (unpaired) electrons. The zero-order valence-corrected chi connectivity index (χ0v) is 10.4. The Labute approximate surface area is 107 Å². The van der Waals surface area contributed by atoms with Crippen LogP contribution in [-0.4, -0.2) is 28.0 Å². The molecule has 2 amide bonds. The van der Waals surface area contributed by atoms with Gasteiger partial charge in [0.2, 0.25) is 0 Å². The molecule has 2 atom stereocenters. The maximum absolute atomic E-state index is 11.4. The second-order valence-electron chi connectivity index (χ2n) is 4.69. The highest BCUT2D eigenvalue weighted by molar-refractivity contribution is 7.16. The van der Waals surface area contributed by atoms with Crippen molar-refractivity contribution in [1.29, 1.82) is 0 Å². The monoisotopic (exact) mass is 267 g/mol. The fourth-order valence-corrected chi connectivity index (χ4v) is 4.35. The number of fused-ring (bicyclic) bond motifs is 4. The van der Waals surface area contributed by atoms with Crippen molar-refractivity contribution in [3.63, 3.8) is 0 Å². The number of nitrogens with two attached hydrogens (primary N) is 2. The smallest absolute Gasteiger partial charge is 0.408 e. The lowest BCUT2D eigenvalue weighted by Crippen LogP contribution is -2.40. The molecule has 1 fully saturated rings. The van der Waals surface area contributed by atoms with Crippen molar-refractivity contribution in [1.82, 2.24) is 4.90 Å². The molecule has 1 aromatic rings. The Kier molecular flexibility index (Phi) is 2.28. The Balaban J connectivity index is 2.13. The standard InChI is InChI=1S/C11H13N3O3S/c12-9(15)7-5-3-4-1-2-6(14(4)11(16)17)8(5)18-10(7)13/h4,6H,1-3,13H2,(H2,12,15)(H,16,17). The van der Waals surface area contributed by atoms with Crippen LogP contribution in [0.5, 0.6) is 0 Å². The molecule has 3 heterocycles. The van der Waals surface area contributed by atoms with Gasteiger partial charge in [-0.1, -0.05) is 0 Å². The number of hydrogen-bond donors (Lipinski definition) is 3. The topological polar surface area (TPSA) is 110 Å². The summed E-state index contributed by atoms with van der Waals surface area (Å²) >= 11 is 1.30. The molecule has 5 N–H and O–H groups in total. The lowest BCUT2D eigenvalue weighted by molar-refractivity contribution is 0.0999. The maximum Gasteiger partial charge on any atom is 0.408 e. The SMILES string of the molecule is NC(=O)c1c(N)sc2c1CC1CCC2N1C(=O)O. The van der Waals surface area contributed by atoms with Crippen LogP contribution in [0.2, 0.25) is 0 Å². The van der Waals surface area contributed by atoms with Crippen molar-refractivity contribution in [2.45, 2.75) is 31.3 Å². The molecule has 96 valence electrons. The quantitative estimate of drug-likeness (QED) is 0.709. The van der Waals surface area contributed by atoms with Crippen LogP contribution in [0, 0.1) is 0 Å². The molecule has 1 aromatic heterocycles. The van der Waals surface area contributed by atoms with Gasteiger partial charge in [0.25, 0.3) is 5.91 Å². The van der Waals surface area contributed by atoms with Crippen LogP contribution in [0.15, 0.2) is 0 Å². The van der Waals surface area contributed by atoms with Gasteiger partial charge in [0.05, 0.1) is 16.6 Å². The number of carboxylic acid groups (broad SMARTS) is 1. The van der Waals surface area contributed by atoms with Gasteiger partial charge in [-0.25, -0.2) is 4.79 Å². The number of nitrogens with zero attached hydrogens (tertiary/aromatic N) is 1. The van der Waals surface area contributed by atoms with Gasteiger partial charge in [-0.2, -0.15) is 0 Å². The summed E-state index contributed by atoms with van der Waals surface area (Å²) in [6, 6.07) is -0.205. The Bertz CT molecular complexity index is 554. The van der Waals surface area contributed by atoms with Crippen LogP contribution in [0.25, 0.3) is 0 Å². The van der Waals surface area contributed by atoms with Crippen LogP contribution in [0.1, 0.15) is 39.7 Å². The number of primary amides is 1. The molecule has 2 unspecified atom stereocenters. The molecular weight excluding hydrogens is 254 g/mol. The van der Waals surface area contributed by atoms with Crippen molar-refractivity contribution >= 4 is 28.3 Å². The van der Waals surface area contributed by atoms with Gasteiger partial charge >= 0.3 is 6.09 Å². The minimum Gasteiger partial charge on any atom is -0.465 e. The Morgan fingerprint density at radius 2 is 2.11 bits per heavy atom. The van der Waals surface area contributed by atoms with E-state index in [1.807, 2.05) is 0 Å². The Hall–Kier alpha value is -1.76. The van der Waals surface area contributed by atoms with Gasteiger partial charge in [-0.05, 0) is 24.8 Å². The zero-order valence-electron chi connectivity index (χ0n) is 9.55. The van der Waals surface area contributed by atoms with Gasteiger partial charge in [0.1, 0.15) is 0 Å². The third-order valence-electron chi connectivity index (χ3n) is 3.78. The summed E-state index contributed by atoms with van der Waals surface area (Å²) < 4.78 is 0. The summed E-state index contributed by atoms with van der Waals surface area (Å²) in [4.78, 5) is 25.1. The molecule has 7 heteroatoms. The zero-order chi connectivity index (χ0) is 13.0. The number of anilines is 1. The lowest BCUT2D eigenvalue weighted by atomic mass is 9.97. The van der Waals surface area contributed by atoms with E-state index in [4.69, 9.17) is 11.5 Å². The van der Waals surface area contributed by atoms with Crippen molar-refractivity contribution in [3.05, 3.63) is 16.0 Å². The first kappa shape index (κ1) is 11.3. The number of nitrogen functional groups attached to an aromatic ring is 1. The predicted octanol–water partition coefficient (Wildman–Crippen LogP) is 1.17. The van der Waals surface area contributed by atoms with Gasteiger partial charge in [0.15, 0.2) is 0 Å². The first-order valence-electron chi connectivity index (χ1n) is 5.72. The Morgan fingerprint density at radius 1 is 1.39 bits per heavy atom. The van der Waals surface area contributed by atoms with Crippen LogP contribution in [-0.2, 0) is 6.42 Å². The first-order chi connectivity index (χ1) is 8.50. The largest absolute Gasteiger partial charge is 0.465 e. The fourth-order valence-electron chi connectivity index (χ4n) is 3.11. The van der Waals surface area contributed by atoms with Crippen LogP contribution in [0.3, 0.4) is 0 Å². The van der Waals surface area contributed by atoms with E-state index in [-0.39, 0.29) is 12.1 Å². The highest BCUT2D eigenvalue weighted by Gasteiger charge is 2.45. The average Bonchev–Trinajstić information content (AvgIpc) is 2.77. The first-order valence-corrected chi connectivity index (χ1v) is 6.54. The molecule has 18 heavy (non-hydrogen) atoms. The molecule has 6 nitrogen and oxygen atoms in total.